The quantitative estimate of drug-likeness (QED) is 0.511. The second kappa shape index (κ2) is 10.4. The van der Waals surface area contributed by atoms with Gasteiger partial charge in [0.25, 0.3) is 0 Å². The summed E-state index contributed by atoms with van der Waals surface area (Å²) >= 11 is 0. The van der Waals surface area contributed by atoms with Gasteiger partial charge in [-0.2, -0.15) is 0 Å². The first-order valence-electron chi connectivity index (χ1n) is 7.18. The zero-order valence-electron chi connectivity index (χ0n) is 11.7. The fourth-order valence-electron chi connectivity index (χ4n) is 1.82. The monoisotopic (exact) mass is 264 g/mol. The molecule has 19 heavy (non-hydrogen) atoms. The lowest BCUT2D eigenvalue weighted by atomic mass is 10.1. The first kappa shape index (κ1) is 15.5. The number of rotatable bonds is 10. The van der Waals surface area contributed by atoms with Gasteiger partial charge in [0.15, 0.2) is 0 Å². The molecule has 0 aliphatic heterocycles. The van der Waals surface area contributed by atoms with Gasteiger partial charge in [0.1, 0.15) is 0 Å². The van der Waals surface area contributed by atoms with Crippen LogP contribution in [-0.4, -0.2) is 11.0 Å². The number of unbranched alkanes of at least 4 members (excludes halogenated alkanes) is 6. The molecule has 4 nitrogen and oxygen atoms in total. The van der Waals surface area contributed by atoms with Crippen LogP contribution < -0.4 is 5.48 Å². The van der Waals surface area contributed by atoms with E-state index in [4.69, 9.17) is 4.84 Å². The summed E-state index contributed by atoms with van der Waals surface area (Å²) in [5.74, 6) is -0.211. The Morgan fingerprint density at radius 3 is 2.63 bits per heavy atom. The highest BCUT2D eigenvalue weighted by Crippen LogP contribution is 2.09. The van der Waals surface area contributed by atoms with Crippen molar-refractivity contribution in [2.75, 3.05) is 5.48 Å². The third-order valence-corrected chi connectivity index (χ3v) is 2.93. The van der Waals surface area contributed by atoms with Gasteiger partial charge in [0.2, 0.25) is 0 Å². The van der Waals surface area contributed by atoms with Crippen molar-refractivity contribution in [2.45, 2.75) is 58.3 Å². The van der Waals surface area contributed by atoms with Crippen molar-refractivity contribution in [1.82, 2.24) is 4.98 Å². The molecule has 1 aromatic rings. The number of aromatic nitrogens is 1. The Morgan fingerprint density at radius 2 is 1.95 bits per heavy atom. The highest BCUT2D eigenvalue weighted by Gasteiger charge is 2.03. The van der Waals surface area contributed by atoms with E-state index in [0.29, 0.717) is 12.1 Å². The molecule has 1 aromatic heterocycles. The number of anilines is 1. The van der Waals surface area contributed by atoms with Gasteiger partial charge in [-0.3, -0.25) is 4.98 Å². The normalized spacial score (nSPS) is 10.2. The second-order valence-corrected chi connectivity index (χ2v) is 4.69. The number of hydrogen-bond acceptors (Lipinski definition) is 4. The number of nitrogens with one attached hydrogen (secondary N) is 1. The number of hydrogen-bond donors (Lipinski definition) is 1. The molecule has 1 N–H and O–H groups in total. The van der Waals surface area contributed by atoms with Crippen molar-refractivity contribution < 1.29 is 9.63 Å². The van der Waals surface area contributed by atoms with Crippen LogP contribution >= 0.6 is 0 Å². The van der Waals surface area contributed by atoms with E-state index in [9.17, 15) is 4.79 Å². The number of carbonyl (C=O) groups is 1. The molecule has 0 radical (unpaired) electrons. The summed E-state index contributed by atoms with van der Waals surface area (Å²) in [5, 5.41) is 0. The van der Waals surface area contributed by atoms with Crippen LogP contribution in [0.25, 0.3) is 0 Å². The van der Waals surface area contributed by atoms with Gasteiger partial charge < -0.3 is 4.84 Å². The van der Waals surface area contributed by atoms with Gasteiger partial charge >= 0.3 is 5.97 Å². The summed E-state index contributed by atoms with van der Waals surface area (Å²) in [6.45, 7) is 2.21. The zero-order chi connectivity index (χ0) is 13.8. The van der Waals surface area contributed by atoms with Gasteiger partial charge in [-0.25, -0.2) is 10.3 Å². The van der Waals surface area contributed by atoms with E-state index < -0.39 is 0 Å². The van der Waals surface area contributed by atoms with Crippen LogP contribution in [0.1, 0.15) is 58.3 Å². The molecule has 4 heteroatoms. The average Bonchev–Trinajstić information content (AvgIpc) is 2.45. The lowest BCUT2D eigenvalue weighted by Crippen LogP contribution is -2.10. The first-order chi connectivity index (χ1) is 9.33. The number of carbonyl (C=O) groups excluding carboxylic acids is 1. The Bertz CT molecular complexity index is 341. The molecule has 0 fully saturated rings. The minimum absolute atomic E-state index is 0.211. The van der Waals surface area contributed by atoms with E-state index >= 15 is 0 Å². The summed E-state index contributed by atoms with van der Waals surface area (Å²) < 4.78 is 0. The summed E-state index contributed by atoms with van der Waals surface area (Å²) in [7, 11) is 0. The Kier molecular flexibility index (Phi) is 8.43. The zero-order valence-corrected chi connectivity index (χ0v) is 11.7. The van der Waals surface area contributed by atoms with Crippen molar-refractivity contribution in [3.8, 4) is 0 Å². The minimum Gasteiger partial charge on any atom is -0.343 e. The molecule has 0 amide bonds. The fourth-order valence-corrected chi connectivity index (χ4v) is 1.82. The van der Waals surface area contributed by atoms with Crippen LogP contribution in [0.2, 0.25) is 0 Å². The fraction of sp³-hybridized carbons (Fsp3) is 0.600. The molecule has 0 unspecified atom stereocenters. The Morgan fingerprint density at radius 1 is 1.21 bits per heavy atom. The van der Waals surface area contributed by atoms with Crippen molar-refractivity contribution in [1.29, 1.82) is 0 Å². The molecule has 0 aromatic carbocycles. The van der Waals surface area contributed by atoms with Crippen molar-refractivity contribution >= 4 is 11.7 Å². The molecule has 1 rings (SSSR count). The Balaban J connectivity index is 1.96. The molecule has 0 atom stereocenters. The van der Waals surface area contributed by atoms with Crippen LogP contribution in [0.3, 0.4) is 0 Å². The Hall–Kier alpha value is -1.58. The van der Waals surface area contributed by atoms with Gasteiger partial charge in [-0.05, 0) is 18.6 Å². The largest absolute Gasteiger partial charge is 0.343 e. The van der Waals surface area contributed by atoms with Gasteiger partial charge in [0, 0.05) is 12.6 Å². The molecular formula is C15H24N2O2. The Labute approximate surface area is 115 Å². The van der Waals surface area contributed by atoms with E-state index in [1.807, 2.05) is 0 Å². The van der Waals surface area contributed by atoms with Crippen LogP contribution in [-0.2, 0) is 9.63 Å². The van der Waals surface area contributed by atoms with Crippen LogP contribution in [0, 0.1) is 0 Å². The second-order valence-electron chi connectivity index (χ2n) is 4.69. The lowest BCUT2D eigenvalue weighted by Gasteiger charge is -2.06. The van der Waals surface area contributed by atoms with Crippen LogP contribution in [0.4, 0.5) is 5.69 Å². The molecule has 0 bridgehead atoms. The van der Waals surface area contributed by atoms with E-state index in [2.05, 4.69) is 17.4 Å². The van der Waals surface area contributed by atoms with Crippen LogP contribution in [0.15, 0.2) is 24.5 Å². The summed E-state index contributed by atoms with van der Waals surface area (Å²) in [6, 6.07) is 3.58. The molecule has 0 saturated heterocycles. The topological polar surface area (TPSA) is 51.2 Å². The summed E-state index contributed by atoms with van der Waals surface area (Å²) in [5.41, 5.74) is 3.29. The maximum absolute atomic E-state index is 11.4. The standard InChI is InChI=1S/C15H24N2O2/c1-2-3-4-5-6-7-8-11-15(18)19-17-14-10-9-12-16-13-14/h9-10,12-13,17H,2-8,11H2,1H3. The third kappa shape index (κ3) is 8.19. The SMILES string of the molecule is CCCCCCCCCC(=O)ONc1cccnc1. The molecule has 106 valence electrons. The van der Waals surface area contributed by atoms with Crippen molar-refractivity contribution in [3.05, 3.63) is 24.5 Å². The lowest BCUT2D eigenvalue weighted by molar-refractivity contribution is -0.140. The third-order valence-electron chi connectivity index (χ3n) is 2.93. The maximum Gasteiger partial charge on any atom is 0.332 e. The highest BCUT2D eigenvalue weighted by molar-refractivity contribution is 5.70. The molecule has 0 aliphatic rings. The number of pyridine rings is 1. The predicted molar refractivity (Wildman–Crippen MR) is 76.6 cm³/mol. The van der Waals surface area contributed by atoms with Crippen molar-refractivity contribution in [3.63, 3.8) is 0 Å². The molecular weight excluding hydrogens is 240 g/mol. The first-order valence-corrected chi connectivity index (χ1v) is 7.18. The van der Waals surface area contributed by atoms with Crippen molar-refractivity contribution in [2.24, 2.45) is 0 Å². The van der Waals surface area contributed by atoms with E-state index in [0.717, 1.165) is 12.8 Å². The van der Waals surface area contributed by atoms with Gasteiger partial charge in [-0.1, -0.05) is 45.4 Å². The summed E-state index contributed by atoms with van der Waals surface area (Å²) in [6.07, 6.45) is 12.1. The average molecular weight is 264 g/mol. The van der Waals surface area contributed by atoms with E-state index in [-0.39, 0.29) is 5.97 Å². The maximum atomic E-state index is 11.4. The van der Waals surface area contributed by atoms with E-state index in [1.54, 1.807) is 24.5 Å². The molecule has 0 spiro atoms. The highest BCUT2D eigenvalue weighted by atomic mass is 16.7. The molecule has 0 aliphatic carbocycles. The van der Waals surface area contributed by atoms with Gasteiger partial charge in [0.05, 0.1) is 11.9 Å². The summed E-state index contributed by atoms with van der Waals surface area (Å²) in [4.78, 5) is 20.3. The van der Waals surface area contributed by atoms with Crippen LogP contribution in [0.5, 0.6) is 0 Å². The number of nitrogens with zero attached hydrogens (tertiary/aromatic N) is 1. The van der Waals surface area contributed by atoms with E-state index in [1.165, 1.54) is 32.1 Å². The molecule has 0 saturated carbocycles. The molecule has 1 heterocycles. The minimum atomic E-state index is -0.211. The predicted octanol–water partition coefficient (Wildman–Crippen LogP) is 4.09. The van der Waals surface area contributed by atoms with Gasteiger partial charge in [-0.15, -0.1) is 0 Å². The smallest absolute Gasteiger partial charge is 0.332 e.